The zero-order chi connectivity index (χ0) is 53.2. The summed E-state index contributed by atoms with van der Waals surface area (Å²) in [5.41, 5.74) is 8.94. The van der Waals surface area contributed by atoms with E-state index in [1.54, 1.807) is 40.1 Å². The Labute approximate surface area is 455 Å². The molecule has 3 aromatic carbocycles. The number of thiophene rings is 5. The fourth-order valence-electron chi connectivity index (χ4n) is 6.25. The van der Waals surface area contributed by atoms with Crippen molar-refractivity contribution in [3.63, 3.8) is 0 Å². The highest BCUT2D eigenvalue weighted by atomic mass is 32.1. The van der Waals surface area contributed by atoms with Gasteiger partial charge in [0.25, 0.3) is 0 Å². The molecular formula is C64H83FN2S5. The molecule has 0 aliphatic carbocycles. The number of aromatic amines is 2. The zero-order valence-electron chi connectivity index (χ0n) is 45.4. The molecule has 10 aromatic rings. The van der Waals surface area contributed by atoms with Gasteiger partial charge in [0.05, 0.1) is 21.1 Å². The summed E-state index contributed by atoms with van der Waals surface area (Å²) in [5.74, 6) is 0. The van der Waals surface area contributed by atoms with E-state index in [9.17, 15) is 4.39 Å². The van der Waals surface area contributed by atoms with Gasteiger partial charge in [-0.3, -0.25) is 0 Å². The summed E-state index contributed by atoms with van der Waals surface area (Å²) in [6, 6.07) is 56.3. The van der Waals surface area contributed by atoms with Gasteiger partial charge in [0.2, 0.25) is 0 Å². The number of hydrogen-bond donors (Lipinski definition) is 2. The average molecular weight is 1060 g/mol. The summed E-state index contributed by atoms with van der Waals surface area (Å²) in [5, 5.41) is 6.19. The minimum absolute atomic E-state index is 0.144. The number of aromatic nitrogens is 2. The van der Waals surface area contributed by atoms with Crippen molar-refractivity contribution < 1.29 is 4.39 Å². The number of hydrogen-bond acceptors (Lipinski definition) is 5. The lowest BCUT2D eigenvalue weighted by atomic mass is 10.0. The molecule has 0 radical (unpaired) electrons. The molecule has 0 aliphatic rings. The Hall–Kier alpha value is -5.35. The molecule has 386 valence electrons. The van der Waals surface area contributed by atoms with Gasteiger partial charge in [-0.25, -0.2) is 0 Å². The third kappa shape index (κ3) is 25.3. The predicted octanol–water partition coefficient (Wildman–Crippen LogP) is 23.7. The largest absolute Gasteiger partial charge is 0.361 e. The van der Waals surface area contributed by atoms with Gasteiger partial charge in [-0.1, -0.05) is 198 Å². The van der Waals surface area contributed by atoms with Crippen molar-refractivity contribution in [2.45, 2.75) is 122 Å². The quantitative estimate of drug-likeness (QED) is 0.128. The van der Waals surface area contributed by atoms with Crippen LogP contribution in [0.25, 0.3) is 52.5 Å². The van der Waals surface area contributed by atoms with Crippen LogP contribution in [0.5, 0.6) is 0 Å². The fraction of sp³-hybridized carbons (Fsp3) is 0.281. The molecule has 0 fully saturated rings. The van der Waals surface area contributed by atoms with Crippen molar-refractivity contribution in [1.82, 2.24) is 9.97 Å². The molecule has 0 spiro atoms. The van der Waals surface area contributed by atoms with E-state index in [0.717, 1.165) is 21.9 Å². The van der Waals surface area contributed by atoms with Gasteiger partial charge < -0.3 is 9.97 Å². The molecule has 0 bridgehead atoms. The molecule has 7 aromatic heterocycles. The minimum Gasteiger partial charge on any atom is -0.361 e. The molecule has 0 aliphatic heterocycles. The van der Waals surface area contributed by atoms with Gasteiger partial charge in [-0.15, -0.1) is 56.7 Å². The number of unbranched alkanes of at least 4 members (excludes halogenated alkanes) is 3. The standard InChI is InChI=1S/C16H20S.C11H10S.C10H8S.C9H9NS.C8H6FNS.5C2H6/c1-2-3-4-5-7-14-9-11-15(12-10-14)16-8-6-13-17-16;1-9-4-6-10(7-5-9)11-3-2-8-12-11;1-2-5-9(6-3-1)10-7-4-8-11-10;1-7-4-5-9(11-7)8-3-2-6-10-8;9-8-4-3-7(11-8)6-2-1-5-10-6;5*1-2/h6,8-13H,2-5,7H2,1H3;2-8H,1H3;1-8H;2-6,10H,1H3;1-5,10H;5*1-2H3. The Balaban J connectivity index is 0.000000434. The van der Waals surface area contributed by atoms with Crippen molar-refractivity contribution in [3.05, 3.63) is 213 Å². The average Bonchev–Trinajstić information content (AvgIpc) is 4.31. The molecule has 2 N–H and O–H groups in total. The summed E-state index contributed by atoms with van der Waals surface area (Å²) in [7, 11) is 0. The second kappa shape index (κ2) is 42.2. The van der Waals surface area contributed by atoms with E-state index in [-0.39, 0.29) is 5.13 Å². The zero-order valence-corrected chi connectivity index (χ0v) is 49.5. The topological polar surface area (TPSA) is 31.6 Å². The molecule has 0 amide bonds. The van der Waals surface area contributed by atoms with Crippen LogP contribution in [0.1, 0.15) is 118 Å². The first-order valence-corrected chi connectivity index (χ1v) is 30.1. The summed E-state index contributed by atoms with van der Waals surface area (Å²) in [6.07, 6.45) is 10.4. The molecule has 8 heteroatoms. The van der Waals surface area contributed by atoms with Crippen LogP contribution >= 0.6 is 56.7 Å². The fourth-order valence-corrected chi connectivity index (χ4v) is 10.0. The number of aryl methyl sites for hydroxylation is 3. The first-order chi connectivity index (χ1) is 35.4. The van der Waals surface area contributed by atoms with Gasteiger partial charge in [0, 0.05) is 31.9 Å². The smallest absolute Gasteiger partial charge is 0.177 e. The van der Waals surface area contributed by atoms with Gasteiger partial charge in [-0.2, -0.15) is 4.39 Å². The summed E-state index contributed by atoms with van der Waals surface area (Å²) in [4.78, 5) is 13.8. The van der Waals surface area contributed by atoms with Crippen LogP contribution in [0.3, 0.4) is 0 Å². The van der Waals surface area contributed by atoms with Crippen molar-refractivity contribution in [1.29, 1.82) is 0 Å². The number of benzene rings is 3. The second-order valence-corrected chi connectivity index (χ2v) is 19.5. The Morgan fingerprint density at radius 3 is 1.21 bits per heavy atom. The minimum atomic E-state index is -0.144. The van der Waals surface area contributed by atoms with E-state index in [0.29, 0.717) is 0 Å². The highest BCUT2D eigenvalue weighted by Gasteiger charge is 2.02. The maximum absolute atomic E-state index is 12.5. The van der Waals surface area contributed by atoms with Crippen molar-refractivity contribution >= 4 is 56.7 Å². The van der Waals surface area contributed by atoms with E-state index in [4.69, 9.17) is 0 Å². The molecule has 0 unspecified atom stereocenters. The Kier molecular flexibility index (Phi) is 37.9. The van der Waals surface area contributed by atoms with E-state index in [1.165, 1.54) is 96.1 Å². The molecule has 10 rings (SSSR count). The van der Waals surface area contributed by atoms with Crippen LogP contribution in [-0.2, 0) is 6.42 Å². The molecule has 72 heavy (non-hydrogen) atoms. The first-order valence-electron chi connectivity index (χ1n) is 25.9. The third-order valence-corrected chi connectivity index (χ3v) is 14.3. The van der Waals surface area contributed by atoms with Crippen molar-refractivity contribution in [2.75, 3.05) is 0 Å². The van der Waals surface area contributed by atoms with Crippen LogP contribution in [0, 0.1) is 19.0 Å². The Bertz CT molecular complexity index is 2530. The molecule has 0 saturated carbocycles. The second-order valence-electron chi connectivity index (χ2n) is 14.4. The monoisotopic (exact) mass is 1060 g/mol. The number of halogens is 1. The first kappa shape index (κ1) is 64.7. The Morgan fingerprint density at radius 1 is 0.389 bits per heavy atom. The number of nitrogens with one attached hydrogen (secondary N) is 2. The van der Waals surface area contributed by atoms with Crippen LogP contribution in [0.4, 0.5) is 4.39 Å². The summed E-state index contributed by atoms with van der Waals surface area (Å²) < 4.78 is 12.5. The van der Waals surface area contributed by atoms with Crippen molar-refractivity contribution in [3.8, 4) is 52.5 Å². The normalized spacial score (nSPS) is 9.25. The van der Waals surface area contributed by atoms with E-state index >= 15 is 0 Å². The van der Waals surface area contributed by atoms with E-state index in [1.807, 2.05) is 117 Å². The molecule has 7 heterocycles. The predicted molar refractivity (Wildman–Crippen MR) is 331 cm³/mol. The third-order valence-electron chi connectivity index (χ3n) is 9.56. The summed E-state index contributed by atoms with van der Waals surface area (Å²) in [6.45, 7) is 26.5. The number of rotatable bonds is 10. The van der Waals surface area contributed by atoms with Crippen molar-refractivity contribution in [2.24, 2.45) is 0 Å². The van der Waals surface area contributed by atoms with Gasteiger partial charge in [-0.05, 0) is 132 Å². The summed E-state index contributed by atoms with van der Waals surface area (Å²) >= 11 is 8.33. The maximum atomic E-state index is 12.5. The maximum Gasteiger partial charge on any atom is 0.177 e. The van der Waals surface area contributed by atoms with Crippen LogP contribution in [-0.4, -0.2) is 9.97 Å². The lowest BCUT2D eigenvalue weighted by molar-refractivity contribution is 0.657. The highest BCUT2D eigenvalue weighted by molar-refractivity contribution is 7.15. The molecule has 0 atom stereocenters. The molecular weight excluding hydrogens is 976 g/mol. The number of H-pyrrole nitrogens is 2. The van der Waals surface area contributed by atoms with Gasteiger partial charge in [0.1, 0.15) is 0 Å². The lowest BCUT2D eigenvalue weighted by Crippen LogP contribution is -1.85. The molecule has 2 nitrogen and oxygen atoms in total. The van der Waals surface area contributed by atoms with Gasteiger partial charge in [0.15, 0.2) is 5.13 Å². The molecule has 0 saturated heterocycles. The van der Waals surface area contributed by atoms with E-state index < -0.39 is 0 Å². The van der Waals surface area contributed by atoms with Crippen LogP contribution < -0.4 is 0 Å². The Morgan fingerprint density at radius 2 is 0.833 bits per heavy atom. The van der Waals surface area contributed by atoms with E-state index in [2.05, 4.69) is 174 Å². The van der Waals surface area contributed by atoms with Crippen LogP contribution in [0.15, 0.2) is 192 Å². The van der Waals surface area contributed by atoms with Crippen LogP contribution in [0.2, 0.25) is 0 Å². The van der Waals surface area contributed by atoms with Gasteiger partial charge >= 0.3 is 0 Å². The lowest BCUT2D eigenvalue weighted by Gasteiger charge is -2.03. The highest BCUT2D eigenvalue weighted by Crippen LogP contribution is 2.28. The SMILES string of the molecule is CC.CC.CC.CC.CC.CCCCCCc1ccc(-c2cccs2)cc1.Cc1ccc(-c2ccc[nH]2)s1.Cc1ccc(-c2cccs2)cc1.Fc1ccc(-c2ccc[nH]2)s1.c1ccc(-c2cccs2)cc1.